The van der Waals surface area contributed by atoms with E-state index in [4.69, 9.17) is 19.9 Å². The first-order valence-electron chi connectivity index (χ1n) is 9.08. The smallest absolute Gasteiger partial charge is 0.164 e. The lowest BCUT2D eigenvalue weighted by Gasteiger charge is -2.26. The van der Waals surface area contributed by atoms with Crippen molar-refractivity contribution >= 4 is 17.5 Å². The average molecular weight is 397 g/mol. The van der Waals surface area contributed by atoms with Gasteiger partial charge in [0.2, 0.25) is 0 Å². The minimum atomic E-state index is -0.591. The number of rotatable bonds is 5. The molecule has 2 aromatic carbocycles. The van der Waals surface area contributed by atoms with Crippen LogP contribution in [0.4, 0.5) is 0 Å². The lowest BCUT2D eigenvalue weighted by molar-refractivity contribution is -0.159. The first kappa shape index (κ1) is 20.4. The van der Waals surface area contributed by atoms with Gasteiger partial charge in [-0.15, -0.1) is 0 Å². The van der Waals surface area contributed by atoms with Crippen LogP contribution in [-0.2, 0) is 21.5 Å². The molecule has 0 saturated carbocycles. The Kier molecular flexibility index (Phi) is 5.80. The Bertz CT molecular complexity index is 949. The van der Waals surface area contributed by atoms with Crippen LogP contribution in [0.15, 0.2) is 57.4 Å². The first-order chi connectivity index (χ1) is 13.3. The molecule has 5 nitrogen and oxygen atoms in total. The van der Waals surface area contributed by atoms with Gasteiger partial charge in [0.25, 0.3) is 0 Å². The van der Waals surface area contributed by atoms with E-state index >= 15 is 0 Å². The van der Waals surface area contributed by atoms with Crippen LogP contribution < -0.4 is 0 Å². The molecule has 0 aliphatic carbocycles. The number of ether oxygens (including phenoxy) is 2. The monoisotopic (exact) mass is 396 g/mol. The van der Waals surface area contributed by atoms with Gasteiger partial charge in [-0.25, -0.2) is 0 Å². The highest BCUT2D eigenvalue weighted by atomic mass is 32.2. The molecule has 2 aromatic rings. The van der Waals surface area contributed by atoms with E-state index in [1.54, 1.807) is 18.7 Å². The van der Waals surface area contributed by atoms with Crippen LogP contribution in [-0.4, -0.2) is 23.3 Å². The molecule has 0 radical (unpaired) electrons. The van der Waals surface area contributed by atoms with Gasteiger partial charge in [0.05, 0.1) is 24.8 Å². The van der Waals surface area contributed by atoms with Crippen LogP contribution in [0.3, 0.4) is 0 Å². The fourth-order valence-corrected chi connectivity index (χ4v) is 4.29. The summed E-state index contributed by atoms with van der Waals surface area (Å²) in [4.78, 5) is 2.10. The molecule has 146 valence electrons. The van der Waals surface area contributed by atoms with Crippen LogP contribution in [0.1, 0.15) is 44.4 Å². The highest BCUT2D eigenvalue weighted by Crippen LogP contribution is 2.40. The predicted octanol–water partition coefficient (Wildman–Crippen LogP) is 5.10. The summed E-state index contributed by atoms with van der Waals surface area (Å²) in [5.41, 5.74) is 2.72. The Morgan fingerprint density at radius 1 is 1.21 bits per heavy atom. The Hall–Kier alpha value is -2.33. The number of nitriles is 1. The van der Waals surface area contributed by atoms with Gasteiger partial charge in [-0.3, -0.25) is 0 Å². The van der Waals surface area contributed by atoms with Gasteiger partial charge in [-0.1, -0.05) is 35.1 Å². The number of hydrogen-bond acceptors (Lipinski definition) is 6. The maximum absolute atomic E-state index is 9.12. The quantitative estimate of drug-likeness (QED) is 0.432. The molecular weight excluding hydrogens is 372 g/mol. The molecule has 3 rings (SSSR count). The Balaban J connectivity index is 1.87. The third kappa shape index (κ3) is 4.39. The maximum Gasteiger partial charge on any atom is 0.164 e. The molecule has 1 N–H and O–H groups in total. The molecule has 1 unspecified atom stereocenters. The molecule has 28 heavy (non-hydrogen) atoms. The third-order valence-corrected chi connectivity index (χ3v) is 5.71. The molecular formula is C22H24N2O3S. The van der Waals surface area contributed by atoms with Crippen molar-refractivity contribution in [1.29, 1.82) is 5.26 Å². The normalized spacial score (nSPS) is 21.5. The van der Waals surface area contributed by atoms with Crippen molar-refractivity contribution in [2.45, 2.75) is 55.3 Å². The second-order valence-electron chi connectivity index (χ2n) is 7.49. The molecule has 1 atom stereocenters. The highest BCUT2D eigenvalue weighted by molar-refractivity contribution is 7.99. The highest BCUT2D eigenvalue weighted by Gasteiger charge is 2.43. The third-order valence-electron chi connectivity index (χ3n) is 4.73. The van der Waals surface area contributed by atoms with Gasteiger partial charge < -0.3 is 14.7 Å². The Labute approximate surface area is 170 Å². The van der Waals surface area contributed by atoms with Crippen molar-refractivity contribution in [2.75, 3.05) is 6.61 Å². The molecule has 1 aliphatic heterocycles. The van der Waals surface area contributed by atoms with Crippen LogP contribution in [0, 0.1) is 11.3 Å². The van der Waals surface area contributed by atoms with E-state index in [0.29, 0.717) is 12.3 Å². The lowest BCUT2D eigenvalue weighted by atomic mass is 9.97. The minimum Gasteiger partial charge on any atom is -0.411 e. The molecule has 1 saturated heterocycles. The summed E-state index contributed by atoms with van der Waals surface area (Å²) in [6.07, 6.45) is 0.259. The molecule has 0 spiro atoms. The second kappa shape index (κ2) is 7.96. The summed E-state index contributed by atoms with van der Waals surface area (Å²) in [6, 6.07) is 16.3. The van der Waals surface area contributed by atoms with Gasteiger partial charge in [0, 0.05) is 15.4 Å². The van der Waals surface area contributed by atoms with Crippen LogP contribution in [0.2, 0.25) is 0 Å². The standard InChI is InChI=1S/C22H24N2O3S/c1-15(24-25)20-9-8-19(12-16(20)10-11-23)28-18-7-5-6-17(13-18)22(4)14-26-21(2,3)27-22/h5-9,12-13,25H,10,14H2,1-4H3/b24-15+. The SMILES string of the molecule is C/C(=N\O)c1ccc(Sc2cccc(C3(C)COC(C)(C)O3)c2)cc1CC#N. The summed E-state index contributed by atoms with van der Waals surface area (Å²) in [5, 5.41) is 21.4. The summed E-state index contributed by atoms with van der Waals surface area (Å²) in [6.45, 7) is 8.12. The molecule has 6 heteroatoms. The minimum absolute atomic E-state index is 0.259. The Morgan fingerprint density at radius 2 is 1.96 bits per heavy atom. The van der Waals surface area contributed by atoms with Gasteiger partial charge in [-0.2, -0.15) is 5.26 Å². The van der Waals surface area contributed by atoms with Gasteiger partial charge in [0.15, 0.2) is 5.79 Å². The van der Waals surface area contributed by atoms with E-state index in [1.165, 1.54) is 0 Å². The van der Waals surface area contributed by atoms with Gasteiger partial charge in [0.1, 0.15) is 5.60 Å². The molecule has 0 bridgehead atoms. The van der Waals surface area contributed by atoms with Crippen molar-refractivity contribution < 1.29 is 14.7 Å². The summed E-state index contributed by atoms with van der Waals surface area (Å²) < 4.78 is 11.9. The lowest BCUT2D eigenvalue weighted by Crippen LogP contribution is -2.28. The number of oxime groups is 1. The fourth-order valence-electron chi connectivity index (χ4n) is 3.35. The average Bonchev–Trinajstić information content (AvgIpc) is 2.96. The zero-order valence-corrected chi connectivity index (χ0v) is 17.3. The van der Waals surface area contributed by atoms with E-state index in [2.05, 4.69) is 29.4 Å². The zero-order chi connectivity index (χ0) is 20.4. The number of benzene rings is 2. The van der Waals surface area contributed by atoms with Crippen LogP contribution in [0.25, 0.3) is 0 Å². The van der Waals surface area contributed by atoms with Gasteiger partial charge >= 0.3 is 0 Å². The van der Waals surface area contributed by atoms with E-state index in [9.17, 15) is 0 Å². The van der Waals surface area contributed by atoms with Crippen LogP contribution in [0.5, 0.6) is 0 Å². The second-order valence-corrected chi connectivity index (χ2v) is 8.64. The van der Waals surface area contributed by atoms with E-state index in [-0.39, 0.29) is 6.42 Å². The Morgan fingerprint density at radius 3 is 2.61 bits per heavy atom. The van der Waals surface area contributed by atoms with Crippen molar-refractivity contribution in [3.8, 4) is 6.07 Å². The molecule has 0 aromatic heterocycles. The largest absolute Gasteiger partial charge is 0.411 e. The van der Waals surface area contributed by atoms with E-state index in [0.717, 1.165) is 26.5 Å². The van der Waals surface area contributed by atoms with Crippen molar-refractivity contribution in [3.05, 3.63) is 59.2 Å². The van der Waals surface area contributed by atoms with Gasteiger partial charge in [-0.05, 0) is 63.1 Å². The number of nitrogens with zero attached hydrogens (tertiary/aromatic N) is 2. The topological polar surface area (TPSA) is 74.8 Å². The van der Waals surface area contributed by atoms with Crippen molar-refractivity contribution in [1.82, 2.24) is 0 Å². The van der Waals surface area contributed by atoms with Crippen molar-refractivity contribution in [3.63, 3.8) is 0 Å². The van der Waals surface area contributed by atoms with E-state index < -0.39 is 11.4 Å². The molecule has 0 amide bonds. The molecule has 1 heterocycles. The van der Waals surface area contributed by atoms with Crippen LogP contribution >= 0.6 is 11.8 Å². The summed E-state index contributed by atoms with van der Waals surface area (Å²) in [5.74, 6) is -0.591. The van der Waals surface area contributed by atoms with Crippen molar-refractivity contribution in [2.24, 2.45) is 5.16 Å². The molecule has 1 fully saturated rings. The first-order valence-corrected chi connectivity index (χ1v) is 9.89. The van der Waals surface area contributed by atoms with E-state index in [1.807, 2.05) is 45.0 Å². The maximum atomic E-state index is 9.12. The number of hydrogen-bond donors (Lipinski definition) is 1. The molecule has 1 aliphatic rings. The summed E-state index contributed by atoms with van der Waals surface area (Å²) >= 11 is 1.62. The zero-order valence-electron chi connectivity index (χ0n) is 16.5. The summed E-state index contributed by atoms with van der Waals surface area (Å²) in [7, 11) is 0. The fraction of sp³-hybridized carbons (Fsp3) is 0.364. The predicted molar refractivity (Wildman–Crippen MR) is 109 cm³/mol.